The van der Waals surface area contributed by atoms with Crippen molar-refractivity contribution in [1.82, 2.24) is 0 Å². The minimum absolute atomic E-state index is 0.443. The van der Waals surface area contributed by atoms with E-state index >= 15 is 0 Å². The van der Waals surface area contributed by atoms with Crippen molar-refractivity contribution in [3.8, 4) is 0 Å². The largest absolute Gasteiger partial charge is 0.768 e. The van der Waals surface area contributed by atoms with Gasteiger partial charge in [-0.05, 0) is 13.3 Å². The van der Waals surface area contributed by atoms with Crippen LogP contribution in [0.5, 0.6) is 0 Å². The molecule has 0 heterocycles. The number of rotatable bonds is 6. The molecule has 0 aromatic carbocycles. The van der Waals surface area contributed by atoms with E-state index < -0.39 is 15.5 Å². The van der Waals surface area contributed by atoms with Crippen molar-refractivity contribution in [3.63, 3.8) is 0 Å². The molecule has 4 nitrogen and oxygen atoms in total. The Balaban J connectivity index is 3.35. The molecule has 0 aliphatic carbocycles. The lowest BCUT2D eigenvalue weighted by molar-refractivity contribution is -0.0821. The lowest BCUT2D eigenvalue weighted by atomic mass is 10.5. The van der Waals surface area contributed by atoms with Gasteiger partial charge in [0.25, 0.3) is 0 Å². The Morgan fingerprint density at radius 1 is 1.55 bits per heavy atom. The molecule has 0 spiro atoms. The van der Waals surface area contributed by atoms with Gasteiger partial charge in [-0.25, -0.2) is 0 Å². The van der Waals surface area contributed by atoms with Gasteiger partial charge in [-0.2, -0.15) is 0 Å². The van der Waals surface area contributed by atoms with Crippen LogP contribution in [0.25, 0.3) is 0 Å². The molecule has 11 heavy (non-hydrogen) atoms. The summed E-state index contributed by atoms with van der Waals surface area (Å²) in [7, 11) is -0.992. The molecule has 0 radical (unpaired) electrons. The van der Waals surface area contributed by atoms with Crippen LogP contribution in [0.4, 0.5) is 0 Å². The maximum atomic E-state index is 10.6. The molecular weight excluding hydrogens is 164 g/mol. The van der Waals surface area contributed by atoms with Crippen LogP contribution in [0.1, 0.15) is 20.3 Å². The van der Waals surface area contributed by atoms with E-state index in [0.717, 1.165) is 6.42 Å². The lowest BCUT2D eigenvalue weighted by Crippen LogP contribution is -2.21. The van der Waals surface area contributed by atoms with E-state index in [9.17, 15) is 4.46 Å². The Morgan fingerprint density at radius 3 is 2.64 bits per heavy atom. The van der Waals surface area contributed by atoms with E-state index in [1.54, 1.807) is 6.92 Å². The minimum Gasteiger partial charge on any atom is -0.499 e. The average Bonchev–Trinajstić information content (AvgIpc) is 2.00. The maximum absolute atomic E-state index is 10.6. The molecule has 0 aromatic heterocycles. The van der Waals surface area contributed by atoms with Gasteiger partial charge >= 0.3 is 9.17 Å². The summed E-state index contributed by atoms with van der Waals surface area (Å²) in [6.07, 6.45) is 0.475. The second-order valence-corrected chi connectivity index (χ2v) is 3.15. The molecule has 0 amide bonds. The van der Waals surface area contributed by atoms with Gasteiger partial charge in [-0.1, -0.05) is 6.92 Å². The summed E-state index contributed by atoms with van der Waals surface area (Å²) < 4.78 is 25.0. The fourth-order valence-electron chi connectivity index (χ4n) is 0.501. The maximum Gasteiger partial charge on any atom is 0.768 e. The molecule has 0 saturated heterocycles. The third-order valence-corrected chi connectivity index (χ3v) is 1.84. The third-order valence-electron chi connectivity index (χ3n) is 0.986. The molecule has 1 unspecified atom stereocenters. The zero-order valence-corrected chi connectivity index (χ0v) is 8.12. The summed E-state index contributed by atoms with van der Waals surface area (Å²) in [5, 5.41) is 0. The standard InChI is InChI=1S/C6H14O4Si/c1-4-5-9-6(2)10-11(7)8-3/h6H,4-5H2,1-3H3. The van der Waals surface area contributed by atoms with Crippen molar-refractivity contribution in [2.45, 2.75) is 26.6 Å². The molecule has 0 fully saturated rings. The molecular formula is C6H14O4Si. The highest BCUT2D eigenvalue weighted by atomic mass is 28.3. The van der Waals surface area contributed by atoms with E-state index in [2.05, 4.69) is 4.43 Å². The van der Waals surface area contributed by atoms with E-state index in [0.29, 0.717) is 6.61 Å². The SMILES string of the molecule is CCCOC(C)O[Si](=O)OC. The molecule has 0 rings (SSSR count). The van der Waals surface area contributed by atoms with Gasteiger partial charge in [0.05, 0.1) is 13.7 Å². The first kappa shape index (κ1) is 10.6. The minimum atomic E-state index is -2.33. The monoisotopic (exact) mass is 178 g/mol. The summed E-state index contributed by atoms with van der Waals surface area (Å²) in [5.74, 6) is 0. The van der Waals surface area contributed by atoms with Crippen molar-refractivity contribution < 1.29 is 18.1 Å². The van der Waals surface area contributed by atoms with Gasteiger partial charge in [-0.3, -0.25) is 4.46 Å². The zero-order chi connectivity index (χ0) is 8.69. The van der Waals surface area contributed by atoms with Crippen LogP contribution in [0.3, 0.4) is 0 Å². The van der Waals surface area contributed by atoms with Gasteiger partial charge in [0, 0.05) is 0 Å². The third kappa shape index (κ3) is 5.99. The molecule has 0 saturated carbocycles. The first-order valence-electron chi connectivity index (χ1n) is 3.57. The number of hydrogen-bond donors (Lipinski definition) is 0. The predicted molar refractivity (Wildman–Crippen MR) is 40.2 cm³/mol. The van der Waals surface area contributed by atoms with Gasteiger partial charge < -0.3 is 13.6 Å². The number of hydrogen-bond acceptors (Lipinski definition) is 4. The smallest absolute Gasteiger partial charge is 0.499 e. The van der Waals surface area contributed by atoms with Crippen LogP contribution in [0.15, 0.2) is 0 Å². The highest BCUT2D eigenvalue weighted by Gasteiger charge is 2.12. The lowest BCUT2D eigenvalue weighted by Gasteiger charge is -2.11. The molecule has 0 aromatic rings. The van der Waals surface area contributed by atoms with Crippen molar-refractivity contribution in [1.29, 1.82) is 0 Å². The Kier molecular flexibility index (Phi) is 6.06. The highest BCUT2D eigenvalue weighted by Crippen LogP contribution is 1.94. The van der Waals surface area contributed by atoms with E-state index in [1.807, 2.05) is 6.92 Å². The highest BCUT2D eigenvalue weighted by molar-refractivity contribution is 6.26. The second kappa shape index (κ2) is 6.30. The number of ether oxygens (including phenoxy) is 1. The molecule has 0 aliphatic rings. The fourth-order valence-corrected chi connectivity index (χ4v) is 0.937. The Bertz CT molecular complexity index is 117. The van der Waals surface area contributed by atoms with Crippen LogP contribution in [-0.2, 0) is 18.1 Å². The first-order valence-corrected chi connectivity index (χ1v) is 4.79. The predicted octanol–water partition coefficient (Wildman–Crippen LogP) is 0.837. The van der Waals surface area contributed by atoms with E-state index in [4.69, 9.17) is 9.16 Å². The van der Waals surface area contributed by atoms with Crippen molar-refractivity contribution in [2.75, 3.05) is 13.7 Å². The molecule has 66 valence electrons. The summed E-state index contributed by atoms with van der Waals surface area (Å²) in [6.45, 7) is 4.30. The van der Waals surface area contributed by atoms with Crippen LogP contribution in [0.2, 0.25) is 0 Å². The molecule has 1 atom stereocenters. The van der Waals surface area contributed by atoms with Crippen LogP contribution >= 0.6 is 0 Å². The van der Waals surface area contributed by atoms with Gasteiger partial charge in [-0.15, -0.1) is 0 Å². The molecule has 0 N–H and O–H groups in total. The van der Waals surface area contributed by atoms with Crippen LogP contribution < -0.4 is 0 Å². The second-order valence-electron chi connectivity index (χ2n) is 2.01. The van der Waals surface area contributed by atoms with Crippen molar-refractivity contribution >= 4 is 9.17 Å². The fraction of sp³-hybridized carbons (Fsp3) is 1.00. The first-order chi connectivity index (χ1) is 5.20. The van der Waals surface area contributed by atoms with E-state index in [-0.39, 0.29) is 0 Å². The van der Waals surface area contributed by atoms with Gasteiger partial charge in [0.2, 0.25) is 0 Å². The van der Waals surface area contributed by atoms with Gasteiger partial charge in [0.15, 0.2) is 6.29 Å². The van der Waals surface area contributed by atoms with Crippen LogP contribution in [0, 0.1) is 0 Å². The Morgan fingerprint density at radius 2 is 2.18 bits per heavy atom. The van der Waals surface area contributed by atoms with Crippen molar-refractivity contribution in [2.24, 2.45) is 0 Å². The topological polar surface area (TPSA) is 44.8 Å². The average molecular weight is 178 g/mol. The summed E-state index contributed by atoms with van der Waals surface area (Å²) in [5.41, 5.74) is 0. The Labute approximate surface area is 68.4 Å². The Hall–Kier alpha value is -0.423. The molecule has 5 heteroatoms. The summed E-state index contributed by atoms with van der Waals surface area (Å²) in [6, 6.07) is 0. The quantitative estimate of drug-likeness (QED) is 0.446. The molecule has 0 aliphatic heterocycles. The summed E-state index contributed by atoms with van der Waals surface area (Å²) in [4.78, 5) is 0. The molecule has 0 bridgehead atoms. The van der Waals surface area contributed by atoms with Gasteiger partial charge in [0.1, 0.15) is 0 Å². The summed E-state index contributed by atoms with van der Waals surface area (Å²) >= 11 is 0. The van der Waals surface area contributed by atoms with Crippen molar-refractivity contribution in [3.05, 3.63) is 0 Å². The zero-order valence-electron chi connectivity index (χ0n) is 7.12. The van der Waals surface area contributed by atoms with E-state index in [1.165, 1.54) is 7.11 Å². The van der Waals surface area contributed by atoms with Crippen LogP contribution in [-0.4, -0.2) is 29.2 Å². The normalized spacial score (nSPS) is 12.3.